The van der Waals surface area contributed by atoms with Gasteiger partial charge in [0.15, 0.2) is 0 Å². The van der Waals surface area contributed by atoms with Crippen LogP contribution in [-0.2, 0) is 11.3 Å². The first-order valence-electron chi connectivity index (χ1n) is 8.05. The van der Waals surface area contributed by atoms with Gasteiger partial charge in [-0.2, -0.15) is 4.98 Å². The molecule has 0 aliphatic heterocycles. The van der Waals surface area contributed by atoms with E-state index in [0.29, 0.717) is 24.0 Å². The van der Waals surface area contributed by atoms with Crippen LogP contribution in [0.25, 0.3) is 11.4 Å². The van der Waals surface area contributed by atoms with Gasteiger partial charge in [-0.1, -0.05) is 64.9 Å². The Balaban J connectivity index is 1.65. The molecule has 0 aliphatic rings. The van der Waals surface area contributed by atoms with Crippen molar-refractivity contribution in [2.24, 2.45) is 10.9 Å². The molecule has 1 aromatic heterocycles. The van der Waals surface area contributed by atoms with Crippen LogP contribution in [-0.4, -0.2) is 16.0 Å². The normalized spacial score (nSPS) is 12.8. The highest BCUT2D eigenvalue weighted by Gasteiger charge is 2.17. The molecule has 0 radical (unpaired) electrons. The molecule has 0 spiro atoms. The van der Waals surface area contributed by atoms with Crippen LogP contribution in [0, 0.1) is 6.92 Å². The lowest BCUT2D eigenvalue weighted by molar-refractivity contribution is 0.0475. The number of aromatic nitrogens is 2. The summed E-state index contributed by atoms with van der Waals surface area (Å²) in [5.41, 5.74) is 8.98. The van der Waals surface area contributed by atoms with Gasteiger partial charge in [-0.3, -0.25) is 0 Å². The predicted octanol–water partition coefficient (Wildman–Crippen LogP) is 3.64. The Morgan fingerprint density at radius 1 is 1.16 bits per heavy atom. The summed E-state index contributed by atoms with van der Waals surface area (Å²) in [6.45, 7) is 3.79. The second-order valence-corrected chi connectivity index (χ2v) is 5.76. The number of benzene rings is 2. The first kappa shape index (κ1) is 16.7. The molecule has 6 nitrogen and oxygen atoms in total. The van der Waals surface area contributed by atoms with Crippen LogP contribution in [0.3, 0.4) is 0 Å². The maximum Gasteiger partial charge on any atom is 0.270 e. The van der Waals surface area contributed by atoms with E-state index in [2.05, 4.69) is 15.3 Å². The van der Waals surface area contributed by atoms with Gasteiger partial charge in [0.25, 0.3) is 5.89 Å². The molecule has 3 rings (SSSR count). The molecular weight excluding hydrogens is 316 g/mol. The zero-order chi connectivity index (χ0) is 17.6. The number of nitrogens with two attached hydrogens (primary N) is 1. The van der Waals surface area contributed by atoms with Crippen LogP contribution in [0.15, 0.2) is 64.3 Å². The third kappa shape index (κ3) is 4.23. The number of nitrogens with zero attached hydrogens (tertiary/aromatic N) is 3. The summed E-state index contributed by atoms with van der Waals surface area (Å²) in [4.78, 5) is 9.80. The van der Waals surface area contributed by atoms with Crippen LogP contribution in [0.5, 0.6) is 0 Å². The first-order valence-corrected chi connectivity index (χ1v) is 8.05. The van der Waals surface area contributed by atoms with E-state index < -0.39 is 6.10 Å². The lowest BCUT2D eigenvalue weighted by Crippen LogP contribution is -2.16. The molecule has 2 aromatic carbocycles. The summed E-state index contributed by atoms with van der Waals surface area (Å²) >= 11 is 0. The van der Waals surface area contributed by atoms with Crippen molar-refractivity contribution in [1.29, 1.82) is 0 Å². The molecule has 0 saturated carbocycles. The van der Waals surface area contributed by atoms with E-state index >= 15 is 0 Å². The summed E-state index contributed by atoms with van der Waals surface area (Å²) in [6.07, 6.45) is 0.0332. The van der Waals surface area contributed by atoms with Crippen molar-refractivity contribution in [1.82, 2.24) is 10.1 Å². The average molecular weight is 336 g/mol. The number of amidine groups is 1. The Hall–Kier alpha value is -3.15. The highest BCUT2D eigenvalue weighted by Crippen LogP contribution is 2.23. The molecule has 0 saturated heterocycles. The first-order chi connectivity index (χ1) is 12.1. The molecule has 0 bridgehead atoms. The van der Waals surface area contributed by atoms with Crippen molar-refractivity contribution < 1.29 is 9.36 Å². The average Bonchev–Trinajstić information content (AvgIpc) is 3.11. The standard InChI is InChI=1S/C19H20N4O2/c1-13-8-6-7-11-16(13)18-21-19(25-23-18)14(2)24-22-17(20)12-15-9-4-3-5-10-15/h3-11,14H,12H2,1-2H3,(H2,20,22). The minimum Gasteiger partial charge on any atom is -0.384 e. The van der Waals surface area contributed by atoms with Crippen LogP contribution in [0.1, 0.15) is 30.0 Å². The Bertz CT molecular complexity index is 859. The van der Waals surface area contributed by atoms with Gasteiger partial charge in [0.05, 0.1) is 0 Å². The van der Waals surface area contributed by atoms with Gasteiger partial charge in [-0.05, 0) is 25.0 Å². The maximum absolute atomic E-state index is 5.91. The second kappa shape index (κ2) is 7.61. The SMILES string of the molecule is Cc1ccccc1-c1noc(C(C)ON=C(N)Cc2ccccc2)n1. The van der Waals surface area contributed by atoms with Gasteiger partial charge in [0.2, 0.25) is 11.9 Å². The smallest absolute Gasteiger partial charge is 0.270 e. The number of rotatable bonds is 6. The lowest BCUT2D eigenvalue weighted by Gasteiger charge is -2.06. The Morgan fingerprint density at radius 3 is 2.64 bits per heavy atom. The fourth-order valence-corrected chi connectivity index (χ4v) is 2.36. The molecule has 2 N–H and O–H groups in total. The van der Waals surface area contributed by atoms with Gasteiger partial charge in [0.1, 0.15) is 5.84 Å². The largest absolute Gasteiger partial charge is 0.384 e. The zero-order valence-electron chi connectivity index (χ0n) is 14.2. The van der Waals surface area contributed by atoms with Crippen molar-refractivity contribution in [3.05, 3.63) is 71.6 Å². The Kier molecular flexibility index (Phi) is 5.09. The lowest BCUT2D eigenvalue weighted by atomic mass is 10.1. The molecule has 1 heterocycles. The van der Waals surface area contributed by atoms with Gasteiger partial charge >= 0.3 is 0 Å². The number of hydrogen-bond acceptors (Lipinski definition) is 5. The minimum absolute atomic E-state index is 0.356. The fourth-order valence-electron chi connectivity index (χ4n) is 2.36. The van der Waals surface area contributed by atoms with E-state index in [1.807, 2.05) is 61.5 Å². The molecule has 128 valence electrons. The highest BCUT2D eigenvalue weighted by atomic mass is 16.6. The Labute approximate surface area is 146 Å². The van der Waals surface area contributed by atoms with Crippen molar-refractivity contribution in [2.75, 3.05) is 0 Å². The van der Waals surface area contributed by atoms with Crippen molar-refractivity contribution in [3.8, 4) is 11.4 Å². The van der Waals surface area contributed by atoms with Gasteiger partial charge in [-0.25, -0.2) is 0 Å². The van der Waals surface area contributed by atoms with Crippen LogP contribution >= 0.6 is 0 Å². The summed E-state index contributed by atoms with van der Waals surface area (Å²) < 4.78 is 5.29. The molecule has 0 aliphatic carbocycles. The molecule has 1 unspecified atom stereocenters. The summed E-state index contributed by atoms with van der Waals surface area (Å²) in [6, 6.07) is 17.7. The van der Waals surface area contributed by atoms with E-state index in [-0.39, 0.29) is 0 Å². The van der Waals surface area contributed by atoms with Crippen LogP contribution < -0.4 is 5.73 Å². The van der Waals surface area contributed by atoms with Crippen molar-refractivity contribution in [2.45, 2.75) is 26.4 Å². The van der Waals surface area contributed by atoms with E-state index in [1.165, 1.54) is 0 Å². The maximum atomic E-state index is 5.91. The zero-order valence-corrected chi connectivity index (χ0v) is 14.2. The number of aryl methyl sites for hydroxylation is 1. The number of oxime groups is 1. The van der Waals surface area contributed by atoms with E-state index in [1.54, 1.807) is 6.92 Å². The molecular formula is C19H20N4O2. The summed E-state index contributed by atoms with van der Waals surface area (Å²) in [5, 5.41) is 7.98. The molecule has 6 heteroatoms. The molecule has 0 amide bonds. The van der Waals surface area contributed by atoms with Crippen LogP contribution in [0.2, 0.25) is 0 Å². The number of hydrogen-bond donors (Lipinski definition) is 1. The molecule has 25 heavy (non-hydrogen) atoms. The highest BCUT2D eigenvalue weighted by molar-refractivity contribution is 5.82. The topological polar surface area (TPSA) is 86.5 Å². The molecule has 0 fully saturated rings. The van der Waals surface area contributed by atoms with Crippen molar-refractivity contribution >= 4 is 5.84 Å². The minimum atomic E-state index is -0.486. The van der Waals surface area contributed by atoms with Crippen LogP contribution in [0.4, 0.5) is 0 Å². The van der Waals surface area contributed by atoms with E-state index in [9.17, 15) is 0 Å². The summed E-state index contributed by atoms with van der Waals surface area (Å²) in [7, 11) is 0. The van der Waals surface area contributed by atoms with E-state index in [4.69, 9.17) is 15.1 Å². The Morgan fingerprint density at radius 2 is 1.88 bits per heavy atom. The third-order valence-electron chi connectivity index (χ3n) is 3.73. The molecule has 1 atom stereocenters. The molecule has 3 aromatic rings. The van der Waals surface area contributed by atoms with E-state index in [0.717, 1.165) is 16.7 Å². The monoisotopic (exact) mass is 336 g/mol. The van der Waals surface area contributed by atoms with Gasteiger partial charge < -0.3 is 15.1 Å². The van der Waals surface area contributed by atoms with Gasteiger partial charge in [0, 0.05) is 12.0 Å². The summed E-state index contributed by atoms with van der Waals surface area (Å²) in [5.74, 6) is 1.27. The second-order valence-electron chi connectivity index (χ2n) is 5.76. The fraction of sp³-hybridized carbons (Fsp3) is 0.211. The van der Waals surface area contributed by atoms with Gasteiger partial charge in [-0.15, -0.1) is 0 Å². The predicted molar refractivity (Wildman–Crippen MR) is 95.7 cm³/mol. The van der Waals surface area contributed by atoms with Crippen molar-refractivity contribution in [3.63, 3.8) is 0 Å². The quantitative estimate of drug-likeness (QED) is 0.422. The third-order valence-corrected chi connectivity index (χ3v) is 3.73.